The quantitative estimate of drug-likeness (QED) is 0.0567. The number of thiazole rings is 2. The number of carboxylic acids is 2. The number of carbonyl (C=O) groups excluding carboxylic acids is 2. The third kappa shape index (κ3) is 16.8. The first-order valence-corrected chi connectivity index (χ1v) is 25.4. The fourth-order valence-corrected chi connectivity index (χ4v) is 9.10. The fraction of sp³-hybridized carbons (Fsp3) is 0.148. The fourth-order valence-electron chi connectivity index (χ4n) is 7.14. The number of hydrogen-bond acceptors (Lipinski definition) is 11. The Morgan fingerprint density at radius 2 is 0.909 bits per heavy atom. The molecular formula is C54H42Cl2F6N6O7S2. The highest BCUT2D eigenvalue weighted by Gasteiger charge is 2.31. The first-order chi connectivity index (χ1) is 36.7. The van der Waals surface area contributed by atoms with Crippen LogP contribution in [0.2, 0.25) is 10.0 Å². The summed E-state index contributed by atoms with van der Waals surface area (Å²) in [6, 6.07) is 38.5. The van der Waals surface area contributed by atoms with Gasteiger partial charge in [0, 0.05) is 67.5 Å². The van der Waals surface area contributed by atoms with Crippen LogP contribution in [0.1, 0.15) is 50.2 Å². The molecule has 2 aromatic heterocycles. The Morgan fingerprint density at radius 1 is 0.532 bits per heavy atom. The van der Waals surface area contributed by atoms with Crippen molar-refractivity contribution in [3.8, 4) is 28.3 Å². The summed E-state index contributed by atoms with van der Waals surface area (Å²) in [5.74, 6) is -3.04. The van der Waals surface area contributed by atoms with Crippen LogP contribution in [0.3, 0.4) is 0 Å². The molecule has 0 aliphatic heterocycles. The average molecular weight is 1140 g/mol. The molecule has 0 aliphatic carbocycles. The van der Waals surface area contributed by atoms with E-state index in [2.05, 4.69) is 20.4 Å². The molecule has 8 aromatic rings. The number of amides is 2. The van der Waals surface area contributed by atoms with Crippen LogP contribution in [0, 0.1) is 0 Å². The van der Waals surface area contributed by atoms with Crippen molar-refractivity contribution in [2.24, 2.45) is 0 Å². The van der Waals surface area contributed by atoms with Crippen LogP contribution in [0.15, 0.2) is 156 Å². The summed E-state index contributed by atoms with van der Waals surface area (Å²) < 4.78 is 80.2. The molecule has 2 amide bonds. The van der Waals surface area contributed by atoms with Gasteiger partial charge >= 0.3 is 24.5 Å². The summed E-state index contributed by atoms with van der Waals surface area (Å²) in [6.45, 7) is 0.854. The second-order valence-corrected chi connectivity index (χ2v) is 19.0. The molecule has 0 aliphatic rings. The van der Waals surface area contributed by atoms with E-state index in [4.69, 9.17) is 38.4 Å². The minimum absolute atomic E-state index is 0.0325. The molecule has 0 saturated heterocycles. The lowest BCUT2D eigenvalue weighted by atomic mass is 10.1. The van der Waals surface area contributed by atoms with E-state index in [1.807, 2.05) is 39.4 Å². The standard InChI is InChI=1S/C27H21ClF3N3O4S.C27H21ClF3N3O3S/c28-20-7-9-21(10-8-20)34(15-17-1-3-19(4-2-17)25(37)32-14-13-24(35)36)26-33-23(16-39-26)18-5-11-22(12-6-18)38-27(29,30)31;28-21-9-11-22(12-10-21)34(15-17-1-3-19(4-2-17)25(37)32-14-13-24(35)36)26-33-23(16-38-26)18-5-7-20(8-6-18)27(29,30)31/h1-12,16H,13-15H2,(H,32,37)(H,35,36);1-12,16H,13-15H2,(H,32,37)(H,35,36). The highest BCUT2D eigenvalue weighted by molar-refractivity contribution is 7.14. The number of nitrogens with one attached hydrogen (secondary N) is 2. The Bertz CT molecular complexity index is 3270. The highest BCUT2D eigenvalue weighted by Crippen LogP contribution is 2.38. The molecule has 0 fully saturated rings. The molecule has 2 heterocycles. The van der Waals surface area contributed by atoms with E-state index in [0.717, 1.165) is 34.6 Å². The molecule has 0 bridgehead atoms. The van der Waals surface area contributed by atoms with Gasteiger partial charge in [-0.3, -0.25) is 19.2 Å². The van der Waals surface area contributed by atoms with E-state index in [1.54, 1.807) is 78.2 Å². The van der Waals surface area contributed by atoms with Gasteiger partial charge in [0.05, 0.1) is 42.9 Å². The van der Waals surface area contributed by atoms with Gasteiger partial charge in [-0.2, -0.15) is 13.2 Å². The van der Waals surface area contributed by atoms with Gasteiger partial charge in [-0.15, -0.1) is 35.8 Å². The van der Waals surface area contributed by atoms with Crippen LogP contribution in [0.4, 0.5) is 48.0 Å². The molecule has 0 spiro atoms. The molecule has 0 unspecified atom stereocenters. The summed E-state index contributed by atoms with van der Waals surface area (Å²) in [4.78, 5) is 59.1. The second-order valence-electron chi connectivity index (χ2n) is 16.5. The molecular weight excluding hydrogens is 1090 g/mol. The number of ether oxygens (including phenoxy) is 1. The lowest BCUT2D eigenvalue weighted by Gasteiger charge is -2.22. The third-order valence-electron chi connectivity index (χ3n) is 11.0. The van der Waals surface area contributed by atoms with E-state index in [1.165, 1.54) is 59.1 Å². The van der Waals surface area contributed by atoms with Gasteiger partial charge in [0.15, 0.2) is 10.3 Å². The van der Waals surface area contributed by atoms with E-state index >= 15 is 0 Å². The molecule has 398 valence electrons. The molecule has 77 heavy (non-hydrogen) atoms. The maximum atomic E-state index is 12.9. The number of carbonyl (C=O) groups is 4. The molecule has 0 radical (unpaired) electrons. The molecule has 6 aromatic carbocycles. The predicted molar refractivity (Wildman–Crippen MR) is 283 cm³/mol. The SMILES string of the molecule is O=C(O)CCNC(=O)c1ccc(CN(c2ccc(Cl)cc2)c2nc(-c3ccc(C(F)(F)F)cc3)cs2)cc1.O=C(O)CCNC(=O)c1ccc(CN(c2ccc(Cl)cc2)c2nc(-c3ccc(OC(F)(F)F)cc3)cs2)cc1. The van der Waals surface area contributed by atoms with Crippen molar-refractivity contribution in [1.82, 2.24) is 20.6 Å². The van der Waals surface area contributed by atoms with Gasteiger partial charge in [0.1, 0.15) is 5.75 Å². The van der Waals surface area contributed by atoms with E-state index in [-0.39, 0.29) is 43.5 Å². The Labute approximate surface area is 454 Å². The van der Waals surface area contributed by atoms with Crippen LogP contribution >= 0.6 is 45.9 Å². The van der Waals surface area contributed by atoms with Gasteiger partial charge in [0.2, 0.25) is 0 Å². The number of aromatic nitrogens is 2. The Hall–Kier alpha value is -7.98. The Morgan fingerprint density at radius 3 is 1.26 bits per heavy atom. The van der Waals surface area contributed by atoms with E-state index < -0.39 is 30.0 Å². The topological polar surface area (TPSA) is 174 Å². The van der Waals surface area contributed by atoms with Gasteiger partial charge in [-0.1, -0.05) is 59.6 Å². The first kappa shape index (κ1) is 56.7. The third-order valence-corrected chi connectivity index (χ3v) is 13.2. The van der Waals surface area contributed by atoms with Crippen molar-refractivity contribution in [3.05, 3.63) is 194 Å². The zero-order chi connectivity index (χ0) is 55.3. The summed E-state index contributed by atoms with van der Waals surface area (Å²) in [5, 5.41) is 28.6. The number of aliphatic carboxylic acids is 2. The zero-order valence-corrected chi connectivity index (χ0v) is 43.0. The number of alkyl halides is 6. The molecule has 8 rings (SSSR count). The van der Waals surface area contributed by atoms with Gasteiger partial charge in [0.25, 0.3) is 11.8 Å². The molecule has 13 nitrogen and oxygen atoms in total. The number of hydrogen-bond donors (Lipinski definition) is 4. The van der Waals surface area contributed by atoms with Crippen LogP contribution < -0.4 is 25.2 Å². The van der Waals surface area contributed by atoms with Crippen LogP contribution in [0.25, 0.3) is 22.5 Å². The second kappa shape index (κ2) is 25.7. The van der Waals surface area contributed by atoms with Crippen LogP contribution in [0.5, 0.6) is 5.75 Å². The minimum Gasteiger partial charge on any atom is -0.481 e. The average Bonchev–Trinajstić information content (AvgIpc) is 4.10. The maximum Gasteiger partial charge on any atom is 0.573 e. The summed E-state index contributed by atoms with van der Waals surface area (Å²) >= 11 is 14.9. The molecule has 0 saturated carbocycles. The van der Waals surface area contributed by atoms with Crippen LogP contribution in [-0.4, -0.2) is 63.4 Å². The normalized spacial score (nSPS) is 11.2. The maximum absolute atomic E-state index is 12.9. The number of halogens is 8. The van der Waals surface area contributed by atoms with Gasteiger partial charge < -0.3 is 35.4 Å². The first-order valence-electron chi connectivity index (χ1n) is 22.9. The number of nitrogens with zero attached hydrogens (tertiary/aromatic N) is 4. The van der Waals surface area contributed by atoms with E-state index in [9.17, 15) is 45.5 Å². The number of carboxylic acid groups (broad SMARTS) is 2. The largest absolute Gasteiger partial charge is 0.573 e. The smallest absolute Gasteiger partial charge is 0.481 e. The number of benzene rings is 6. The van der Waals surface area contributed by atoms with Crippen molar-refractivity contribution >= 4 is 91.3 Å². The van der Waals surface area contributed by atoms with Gasteiger partial charge in [-0.05, 0) is 120 Å². The van der Waals surface area contributed by atoms with Crippen molar-refractivity contribution in [2.45, 2.75) is 38.5 Å². The van der Waals surface area contributed by atoms with Crippen molar-refractivity contribution in [2.75, 3.05) is 22.9 Å². The van der Waals surface area contributed by atoms with Crippen molar-refractivity contribution in [3.63, 3.8) is 0 Å². The van der Waals surface area contributed by atoms with Crippen LogP contribution in [-0.2, 0) is 28.9 Å². The highest BCUT2D eigenvalue weighted by atomic mass is 35.5. The monoisotopic (exact) mass is 1130 g/mol. The summed E-state index contributed by atoms with van der Waals surface area (Å²) in [6.07, 6.45) is -9.51. The Balaban J connectivity index is 0.000000224. The van der Waals surface area contributed by atoms with Crippen molar-refractivity contribution in [1.29, 1.82) is 0 Å². The molecule has 4 N–H and O–H groups in total. The predicted octanol–water partition coefficient (Wildman–Crippen LogP) is 13.9. The molecule has 0 atom stereocenters. The number of anilines is 4. The van der Waals surface area contributed by atoms with E-state index in [0.29, 0.717) is 67.0 Å². The lowest BCUT2D eigenvalue weighted by molar-refractivity contribution is -0.274. The summed E-state index contributed by atoms with van der Waals surface area (Å²) in [7, 11) is 0. The Kier molecular flexibility index (Phi) is 18.9. The van der Waals surface area contributed by atoms with Gasteiger partial charge in [-0.25, -0.2) is 9.97 Å². The number of rotatable bonds is 19. The minimum atomic E-state index is -4.77. The zero-order valence-electron chi connectivity index (χ0n) is 39.8. The molecule has 23 heteroatoms. The van der Waals surface area contributed by atoms with Crippen molar-refractivity contribution < 1.29 is 60.5 Å². The summed E-state index contributed by atoms with van der Waals surface area (Å²) in [5.41, 5.74) is 5.75. The lowest BCUT2D eigenvalue weighted by Crippen LogP contribution is -2.26.